The fourth-order valence-electron chi connectivity index (χ4n) is 1.70. The minimum absolute atomic E-state index is 0.110. The van der Waals surface area contributed by atoms with Crippen LogP contribution in [0.3, 0.4) is 0 Å². The van der Waals surface area contributed by atoms with Gasteiger partial charge in [0.05, 0.1) is 0 Å². The average Bonchev–Trinajstić information content (AvgIpc) is 2.86. The molecule has 0 saturated heterocycles. The molecule has 2 rings (SSSR count). The fraction of sp³-hybridized carbons (Fsp3) is 0.500. The van der Waals surface area contributed by atoms with Crippen LogP contribution < -0.4 is 10.9 Å². The third-order valence-corrected chi connectivity index (χ3v) is 2.51. The van der Waals surface area contributed by atoms with Crippen molar-refractivity contribution >= 4 is 5.82 Å². The second kappa shape index (κ2) is 6.12. The van der Waals surface area contributed by atoms with Crippen molar-refractivity contribution in [3.05, 3.63) is 35.0 Å². The molecule has 0 unspecified atom stereocenters. The summed E-state index contributed by atoms with van der Waals surface area (Å²) in [6.45, 7) is 5.33. The minimum atomic E-state index is -0.110. The van der Waals surface area contributed by atoms with Crippen molar-refractivity contribution in [3.63, 3.8) is 0 Å². The third kappa shape index (κ3) is 3.64. The summed E-state index contributed by atoms with van der Waals surface area (Å²) in [5.41, 5.74) is -0.110. The molecule has 0 amide bonds. The molecule has 0 aromatic carbocycles. The monoisotopic (exact) mass is 263 g/mol. The van der Waals surface area contributed by atoms with E-state index in [1.165, 1.54) is 6.33 Å². The Balaban J connectivity index is 1.98. The first-order valence-corrected chi connectivity index (χ1v) is 6.21. The molecule has 2 aromatic heterocycles. The summed E-state index contributed by atoms with van der Waals surface area (Å²) in [4.78, 5) is 20.0. The molecule has 0 aliphatic rings. The molecule has 0 radical (unpaired) electrons. The van der Waals surface area contributed by atoms with Crippen LogP contribution in [-0.4, -0.2) is 26.2 Å². The van der Waals surface area contributed by atoms with E-state index < -0.39 is 0 Å². The van der Waals surface area contributed by atoms with E-state index in [1.807, 2.05) is 0 Å². The zero-order valence-electron chi connectivity index (χ0n) is 11.0. The Hall–Kier alpha value is -2.18. The Labute approximate surface area is 110 Å². The molecule has 0 saturated carbocycles. The smallest absolute Gasteiger partial charge is 0.293 e. The highest BCUT2D eigenvalue weighted by molar-refractivity contribution is 5.30. The van der Waals surface area contributed by atoms with E-state index in [0.29, 0.717) is 37.1 Å². The molecule has 0 atom stereocenters. The second-order valence-electron chi connectivity index (χ2n) is 4.64. The zero-order valence-corrected chi connectivity index (χ0v) is 11.0. The van der Waals surface area contributed by atoms with E-state index in [9.17, 15) is 4.79 Å². The lowest BCUT2D eigenvalue weighted by Gasteiger charge is -2.10. The number of hydrogen-bond acceptors (Lipinski definition) is 6. The highest BCUT2D eigenvalue weighted by Gasteiger charge is 2.06. The third-order valence-electron chi connectivity index (χ3n) is 2.51. The van der Waals surface area contributed by atoms with Crippen LogP contribution >= 0.6 is 0 Å². The van der Waals surface area contributed by atoms with E-state index in [2.05, 4.69) is 34.3 Å². The highest BCUT2D eigenvalue weighted by Crippen LogP contribution is 1.99. The van der Waals surface area contributed by atoms with Crippen molar-refractivity contribution in [1.29, 1.82) is 0 Å². The Morgan fingerprint density at radius 1 is 1.42 bits per heavy atom. The van der Waals surface area contributed by atoms with Gasteiger partial charge in [0.2, 0.25) is 5.89 Å². The first kappa shape index (κ1) is 13.3. The topological polar surface area (TPSA) is 85.8 Å². The summed E-state index contributed by atoms with van der Waals surface area (Å²) in [5, 5.41) is 6.51. The Kier molecular flexibility index (Phi) is 4.27. The summed E-state index contributed by atoms with van der Waals surface area (Å²) < 4.78 is 6.53. The lowest BCUT2D eigenvalue weighted by molar-refractivity contribution is 0.379. The van der Waals surface area contributed by atoms with Crippen molar-refractivity contribution < 1.29 is 4.52 Å². The van der Waals surface area contributed by atoms with Gasteiger partial charge in [0.15, 0.2) is 12.1 Å². The summed E-state index contributed by atoms with van der Waals surface area (Å²) in [6.07, 6.45) is 5.23. The average molecular weight is 263 g/mol. The molecule has 0 bridgehead atoms. The first-order chi connectivity index (χ1) is 9.16. The molecule has 0 aliphatic heterocycles. The molecule has 0 aliphatic carbocycles. The van der Waals surface area contributed by atoms with Crippen molar-refractivity contribution in [1.82, 2.24) is 19.7 Å². The van der Waals surface area contributed by atoms with Crippen molar-refractivity contribution in [3.8, 4) is 0 Å². The quantitative estimate of drug-likeness (QED) is 0.834. The van der Waals surface area contributed by atoms with Gasteiger partial charge in [-0.05, 0) is 5.92 Å². The second-order valence-corrected chi connectivity index (χ2v) is 4.64. The predicted octanol–water partition coefficient (Wildman–Crippen LogP) is 0.937. The van der Waals surface area contributed by atoms with Crippen LogP contribution in [0.4, 0.5) is 5.82 Å². The van der Waals surface area contributed by atoms with Gasteiger partial charge in [-0.1, -0.05) is 19.0 Å². The number of nitrogens with one attached hydrogen (secondary N) is 1. The van der Waals surface area contributed by atoms with Crippen LogP contribution in [0.15, 0.2) is 28.0 Å². The van der Waals surface area contributed by atoms with E-state index in [1.54, 1.807) is 17.0 Å². The van der Waals surface area contributed by atoms with Crippen LogP contribution in [0.25, 0.3) is 0 Å². The maximum Gasteiger partial charge on any atom is 0.293 e. The van der Waals surface area contributed by atoms with Gasteiger partial charge in [0.25, 0.3) is 5.56 Å². The minimum Gasteiger partial charge on any atom is -0.365 e. The summed E-state index contributed by atoms with van der Waals surface area (Å²) in [6, 6.07) is 0. The van der Waals surface area contributed by atoms with Crippen LogP contribution in [0, 0.1) is 5.92 Å². The van der Waals surface area contributed by atoms with E-state index in [-0.39, 0.29) is 5.56 Å². The lowest BCUT2D eigenvalue weighted by atomic mass is 10.2. The molecular weight excluding hydrogens is 246 g/mol. The molecule has 2 heterocycles. The van der Waals surface area contributed by atoms with Crippen molar-refractivity contribution in [2.24, 2.45) is 5.92 Å². The summed E-state index contributed by atoms with van der Waals surface area (Å²) >= 11 is 0. The Morgan fingerprint density at radius 2 is 2.26 bits per heavy atom. The Bertz CT molecular complexity index is 562. The molecule has 102 valence electrons. The van der Waals surface area contributed by atoms with Crippen molar-refractivity contribution in [2.45, 2.75) is 26.8 Å². The lowest BCUT2D eigenvalue weighted by Crippen LogP contribution is -2.26. The van der Waals surface area contributed by atoms with E-state index in [0.717, 1.165) is 0 Å². The number of rotatable bonds is 6. The van der Waals surface area contributed by atoms with Gasteiger partial charge in [-0.15, -0.1) is 0 Å². The van der Waals surface area contributed by atoms with Gasteiger partial charge >= 0.3 is 0 Å². The van der Waals surface area contributed by atoms with Crippen LogP contribution in [-0.2, 0) is 13.0 Å². The normalized spacial score (nSPS) is 10.9. The molecule has 7 heteroatoms. The molecule has 19 heavy (non-hydrogen) atoms. The number of anilines is 1. The molecule has 7 nitrogen and oxygen atoms in total. The van der Waals surface area contributed by atoms with Gasteiger partial charge in [-0.3, -0.25) is 4.79 Å². The maximum atomic E-state index is 12.1. The molecular formula is C12H17N5O2. The van der Waals surface area contributed by atoms with Crippen LogP contribution in [0.2, 0.25) is 0 Å². The van der Waals surface area contributed by atoms with Gasteiger partial charge in [0.1, 0.15) is 0 Å². The zero-order chi connectivity index (χ0) is 13.7. The number of hydrogen-bond donors (Lipinski definition) is 1. The maximum absolute atomic E-state index is 12.1. The van der Waals surface area contributed by atoms with Crippen LogP contribution in [0.1, 0.15) is 19.7 Å². The molecule has 1 N–H and O–H groups in total. The molecule has 2 aromatic rings. The SMILES string of the molecule is CC(C)Cn1ccnc(NCCc2ncno2)c1=O. The largest absolute Gasteiger partial charge is 0.365 e. The van der Waals surface area contributed by atoms with Crippen molar-refractivity contribution in [2.75, 3.05) is 11.9 Å². The van der Waals surface area contributed by atoms with Gasteiger partial charge in [-0.25, -0.2) is 4.98 Å². The summed E-state index contributed by atoms with van der Waals surface area (Å²) in [7, 11) is 0. The van der Waals surface area contributed by atoms with Crippen LogP contribution in [0.5, 0.6) is 0 Å². The Morgan fingerprint density at radius 3 is 2.95 bits per heavy atom. The highest BCUT2D eigenvalue weighted by atomic mass is 16.5. The summed E-state index contributed by atoms with van der Waals surface area (Å²) in [5.74, 6) is 1.29. The number of nitrogens with zero attached hydrogens (tertiary/aromatic N) is 4. The van der Waals surface area contributed by atoms with E-state index >= 15 is 0 Å². The molecule has 0 fully saturated rings. The fourth-order valence-corrected chi connectivity index (χ4v) is 1.70. The van der Waals surface area contributed by atoms with Gasteiger partial charge in [0, 0.05) is 31.9 Å². The molecule has 0 spiro atoms. The standard InChI is InChI=1S/C12H17N5O2/c1-9(2)7-17-6-5-14-11(12(17)18)13-4-3-10-15-8-16-19-10/h5-6,8-9H,3-4,7H2,1-2H3,(H,13,14). The van der Waals surface area contributed by atoms with E-state index in [4.69, 9.17) is 4.52 Å². The first-order valence-electron chi connectivity index (χ1n) is 6.21. The van der Waals surface area contributed by atoms with Gasteiger partial charge < -0.3 is 14.4 Å². The van der Waals surface area contributed by atoms with Gasteiger partial charge in [-0.2, -0.15) is 4.98 Å². The number of aromatic nitrogens is 4. The predicted molar refractivity (Wildman–Crippen MR) is 69.8 cm³/mol.